The molecule has 0 bridgehead atoms. The van der Waals surface area contributed by atoms with E-state index in [1.54, 1.807) is 0 Å². The Morgan fingerprint density at radius 1 is 1.18 bits per heavy atom. The van der Waals surface area contributed by atoms with Gasteiger partial charge in [0, 0.05) is 12.8 Å². The summed E-state index contributed by atoms with van der Waals surface area (Å²) in [4.78, 5) is 20.0. The summed E-state index contributed by atoms with van der Waals surface area (Å²) < 4.78 is 34.2. The van der Waals surface area contributed by atoms with Crippen molar-refractivity contribution in [2.75, 3.05) is 0 Å². The molecule has 11 heavy (non-hydrogen) atoms. The van der Waals surface area contributed by atoms with Crippen LogP contribution in [-0.4, -0.2) is 17.2 Å². The molecule has 0 rings (SSSR count). The maximum Gasteiger partial charge on any atom is 0.449 e. The minimum Gasteiger partial charge on any atom is -0.290 e. The van der Waals surface area contributed by atoms with Crippen LogP contribution in [0.1, 0.15) is 12.8 Å². The molecule has 0 N–H and O–H groups in total. The number of ketones is 1. The first-order valence-electron chi connectivity index (χ1n) is 2.62. The maximum atomic E-state index is 11.4. The van der Waals surface area contributed by atoms with Crippen LogP contribution < -0.4 is 0 Å². The number of hydrogen-bond donors (Lipinski definition) is 0. The molecule has 0 aromatic rings. The number of hydrogen-bond acceptors (Lipinski definition) is 2. The first kappa shape index (κ1) is 10.4. The molecule has 0 aromatic heterocycles. The normalized spacial score (nSPS) is 11.3. The van der Waals surface area contributed by atoms with E-state index in [9.17, 15) is 22.8 Å². The number of rotatable bonds is 3. The number of carbonyl (C=O) groups is 2. The molecule has 0 saturated carbocycles. The highest BCUT2D eigenvalue weighted by atomic mass is 35.5. The number of carbonyl (C=O) groups excluding carboxylic acids is 2. The largest absolute Gasteiger partial charge is 0.449 e. The molecule has 2 nitrogen and oxygen atoms in total. The third-order valence-electron chi connectivity index (χ3n) is 0.865. The summed E-state index contributed by atoms with van der Waals surface area (Å²) >= 11 is 4.71. The Bertz CT molecular complexity index is 175. The first-order chi connectivity index (χ1) is 4.84. The summed E-state index contributed by atoms with van der Waals surface area (Å²) in [6.45, 7) is 0. The Balaban J connectivity index is 3.80. The van der Waals surface area contributed by atoms with Gasteiger partial charge in [-0.25, -0.2) is 0 Å². The van der Waals surface area contributed by atoms with Gasteiger partial charge >= 0.3 is 6.18 Å². The van der Waals surface area contributed by atoms with Crippen LogP contribution in [0.25, 0.3) is 0 Å². The summed E-state index contributed by atoms with van der Waals surface area (Å²) in [6, 6.07) is 0. The molecule has 0 atom stereocenters. The molecular formula is C5H4ClF3O2. The zero-order valence-electron chi connectivity index (χ0n) is 5.24. The fourth-order valence-electron chi connectivity index (χ4n) is 0.354. The molecule has 0 aliphatic heterocycles. The van der Waals surface area contributed by atoms with Gasteiger partial charge in [0.25, 0.3) is 0 Å². The molecule has 0 unspecified atom stereocenters. The molecular weight excluding hydrogens is 184 g/mol. The summed E-state index contributed by atoms with van der Waals surface area (Å²) in [6.07, 6.45) is -6.29. The highest BCUT2D eigenvalue weighted by Crippen LogP contribution is 2.18. The third kappa shape index (κ3) is 4.78. The van der Waals surface area contributed by atoms with Gasteiger partial charge in [-0.3, -0.25) is 9.59 Å². The van der Waals surface area contributed by atoms with Crippen LogP contribution in [0.2, 0.25) is 0 Å². The van der Waals surface area contributed by atoms with Crippen molar-refractivity contribution in [2.45, 2.75) is 19.0 Å². The van der Waals surface area contributed by atoms with Crippen molar-refractivity contribution in [1.29, 1.82) is 0 Å². The van der Waals surface area contributed by atoms with Crippen LogP contribution >= 0.6 is 11.6 Å². The van der Waals surface area contributed by atoms with Crippen LogP contribution in [0.4, 0.5) is 13.2 Å². The predicted octanol–water partition coefficient (Wildman–Crippen LogP) is 1.66. The van der Waals surface area contributed by atoms with Crippen molar-refractivity contribution in [3.8, 4) is 0 Å². The lowest BCUT2D eigenvalue weighted by Crippen LogP contribution is -2.22. The monoisotopic (exact) mass is 188 g/mol. The lowest BCUT2D eigenvalue weighted by atomic mass is 10.2. The van der Waals surface area contributed by atoms with Gasteiger partial charge < -0.3 is 0 Å². The summed E-state index contributed by atoms with van der Waals surface area (Å²) in [5, 5.41) is -0.942. The first-order valence-corrected chi connectivity index (χ1v) is 3.00. The molecule has 6 heteroatoms. The van der Waals surface area contributed by atoms with Gasteiger partial charge in [0.15, 0.2) is 0 Å². The summed E-state index contributed by atoms with van der Waals surface area (Å²) in [5.74, 6) is -1.92. The van der Waals surface area contributed by atoms with Crippen LogP contribution in [0, 0.1) is 0 Å². The van der Waals surface area contributed by atoms with Crippen molar-refractivity contribution in [1.82, 2.24) is 0 Å². The molecule has 0 heterocycles. The summed E-state index contributed by atoms with van der Waals surface area (Å²) in [7, 11) is 0. The van der Waals surface area contributed by atoms with E-state index in [1.807, 2.05) is 0 Å². The fraction of sp³-hybridized carbons (Fsp3) is 0.600. The second-order valence-corrected chi connectivity index (χ2v) is 2.20. The van der Waals surface area contributed by atoms with E-state index in [4.69, 9.17) is 11.6 Å². The number of alkyl halides is 3. The molecule has 0 saturated heterocycles. The minimum absolute atomic E-state index is 0.570. The quantitative estimate of drug-likeness (QED) is 0.632. The van der Waals surface area contributed by atoms with Crippen LogP contribution in [0.3, 0.4) is 0 Å². The van der Waals surface area contributed by atoms with E-state index in [0.29, 0.717) is 0 Å². The number of Topliss-reactive ketones (excluding diaryl/α,β-unsaturated/α-hetero) is 1. The lowest BCUT2D eigenvalue weighted by Gasteiger charge is -2.01. The average molecular weight is 189 g/mol. The predicted molar refractivity (Wildman–Crippen MR) is 31.2 cm³/mol. The molecule has 64 valence electrons. The van der Waals surface area contributed by atoms with Crippen molar-refractivity contribution in [3.63, 3.8) is 0 Å². The van der Waals surface area contributed by atoms with Gasteiger partial charge in [-0.1, -0.05) is 0 Å². The van der Waals surface area contributed by atoms with E-state index in [1.165, 1.54) is 0 Å². The Labute approximate surface area is 65.3 Å². The maximum absolute atomic E-state index is 11.4. The molecule has 0 aliphatic carbocycles. The number of halogens is 4. The van der Waals surface area contributed by atoms with Crippen LogP contribution in [-0.2, 0) is 9.59 Å². The molecule has 0 amide bonds. The minimum atomic E-state index is -4.85. The van der Waals surface area contributed by atoms with Crippen molar-refractivity contribution in [3.05, 3.63) is 0 Å². The Kier molecular flexibility index (Phi) is 3.51. The van der Waals surface area contributed by atoms with Gasteiger partial charge in [-0.2, -0.15) is 13.2 Å². The highest BCUT2D eigenvalue weighted by molar-refractivity contribution is 6.63. The zero-order valence-corrected chi connectivity index (χ0v) is 6.00. The molecule has 0 aromatic carbocycles. The van der Waals surface area contributed by atoms with Crippen LogP contribution in [0.5, 0.6) is 0 Å². The van der Waals surface area contributed by atoms with Crippen LogP contribution in [0.15, 0.2) is 0 Å². The molecule has 0 radical (unpaired) electrons. The second kappa shape index (κ2) is 3.71. The lowest BCUT2D eigenvalue weighted by molar-refractivity contribution is -0.171. The SMILES string of the molecule is O=C(Cl)CCC(=O)C(F)(F)F. The van der Waals surface area contributed by atoms with Gasteiger partial charge in [0.1, 0.15) is 0 Å². The Hall–Kier alpha value is -0.580. The van der Waals surface area contributed by atoms with Gasteiger partial charge in [0.2, 0.25) is 11.0 Å². The van der Waals surface area contributed by atoms with E-state index in [0.717, 1.165) is 0 Å². The Morgan fingerprint density at radius 2 is 1.64 bits per heavy atom. The van der Waals surface area contributed by atoms with E-state index < -0.39 is 30.0 Å². The fourth-order valence-corrected chi connectivity index (χ4v) is 0.448. The Morgan fingerprint density at radius 3 is 1.91 bits per heavy atom. The second-order valence-electron chi connectivity index (χ2n) is 1.78. The third-order valence-corrected chi connectivity index (χ3v) is 1.05. The van der Waals surface area contributed by atoms with Gasteiger partial charge in [-0.15, -0.1) is 0 Å². The average Bonchev–Trinajstić information content (AvgIpc) is 1.80. The standard InChI is InChI=1S/C5H4ClF3O2/c6-4(11)2-1-3(10)5(7,8)9/h1-2H2. The van der Waals surface area contributed by atoms with Crippen molar-refractivity contribution >= 4 is 22.6 Å². The summed E-state index contributed by atoms with van der Waals surface area (Å²) in [5.41, 5.74) is 0. The zero-order chi connectivity index (χ0) is 9.07. The van der Waals surface area contributed by atoms with E-state index in [2.05, 4.69) is 0 Å². The van der Waals surface area contributed by atoms with E-state index >= 15 is 0 Å². The van der Waals surface area contributed by atoms with Crippen molar-refractivity contribution < 1.29 is 22.8 Å². The van der Waals surface area contributed by atoms with Gasteiger partial charge in [0.05, 0.1) is 0 Å². The molecule has 0 aliphatic rings. The van der Waals surface area contributed by atoms with Crippen molar-refractivity contribution in [2.24, 2.45) is 0 Å². The molecule has 0 spiro atoms. The smallest absolute Gasteiger partial charge is 0.290 e. The topological polar surface area (TPSA) is 34.1 Å². The van der Waals surface area contributed by atoms with E-state index in [-0.39, 0.29) is 0 Å². The molecule has 0 fully saturated rings. The van der Waals surface area contributed by atoms with Gasteiger partial charge in [-0.05, 0) is 11.6 Å². The highest BCUT2D eigenvalue weighted by Gasteiger charge is 2.37.